The normalized spacial score (nSPS) is 22.9. The van der Waals surface area contributed by atoms with E-state index in [1.54, 1.807) is 7.05 Å². The molecular formula is C18H26F3IN4O3. The molecule has 0 aliphatic carbocycles. The third-order valence-electron chi connectivity index (χ3n) is 4.68. The fourth-order valence-corrected chi connectivity index (χ4v) is 3.35. The Morgan fingerprint density at radius 3 is 2.83 bits per heavy atom. The van der Waals surface area contributed by atoms with Gasteiger partial charge in [-0.1, -0.05) is 0 Å². The zero-order valence-electron chi connectivity index (χ0n) is 16.2. The summed E-state index contributed by atoms with van der Waals surface area (Å²) in [5, 5.41) is 3.12. The van der Waals surface area contributed by atoms with Gasteiger partial charge in [-0.25, -0.2) is 4.98 Å². The van der Waals surface area contributed by atoms with Crippen LogP contribution in [-0.4, -0.2) is 74.6 Å². The van der Waals surface area contributed by atoms with E-state index in [0.29, 0.717) is 32.2 Å². The molecule has 2 aliphatic heterocycles. The number of alkyl halides is 3. The van der Waals surface area contributed by atoms with Gasteiger partial charge in [0.1, 0.15) is 18.3 Å². The van der Waals surface area contributed by atoms with Crippen molar-refractivity contribution in [1.29, 1.82) is 0 Å². The second kappa shape index (κ2) is 11.2. The molecule has 0 saturated carbocycles. The van der Waals surface area contributed by atoms with Gasteiger partial charge in [0.2, 0.25) is 5.88 Å². The lowest BCUT2D eigenvalue weighted by molar-refractivity contribution is -0.139. The number of halogens is 4. The minimum absolute atomic E-state index is 0. The van der Waals surface area contributed by atoms with Gasteiger partial charge in [-0.3, -0.25) is 4.99 Å². The lowest BCUT2D eigenvalue weighted by Crippen LogP contribution is -2.53. The standard InChI is InChI=1S/C18H25F3N4O3.HI/c1-22-17(25-8-11-27-15(12-25)14-5-3-9-26-14)24-7-10-28-16-13(18(19,20)21)4-2-6-23-16;/h2,4,6,14-15H,3,5,7-12H2,1H3,(H,22,24);1H. The summed E-state index contributed by atoms with van der Waals surface area (Å²) >= 11 is 0. The van der Waals surface area contributed by atoms with Crippen LogP contribution in [0.15, 0.2) is 23.3 Å². The van der Waals surface area contributed by atoms with Gasteiger partial charge in [0.15, 0.2) is 5.96 Å². The van der Waals surface area contributed by atoms with E-state index >= 15 is 0 Å². The summed E-state index contributed by atoms with van der Waals surface area (Å²) < 4.78 is 55.7. The number of rotatable bonds is 5. The lowest BCUT2D eigenvalue weighted by Gasteiger charge is -2.37. The Hall–Kier alpha value is -1.34. The first kappa shape index (κ1) is 23.9. The predicted octanol–water partition coefficient (Wildman–Crippen LogP) is 2.55. The molecule has 2 fully saturated rings. The molecule has 7 nitrogen and oxygen atoms in total. The molecule has 164 valence electrons. The number of aromatic nitrogens is 1. The van der Waals surface area contributed by atoms with E-state index in [1.807, 2.05) is 0 Å². The molecule has 3 rings (SSSR count). The smallest absolute Gasteiger partial charge is 0.421 e. The Bertz CT molecular complexity index is 672. The molecule has 2 saturated heterocycles. The molecule has 0 amide bonds. The van der Waals surface area contributed by atoms with E-state index < -0.39 is 17.6 Å². The zero-order chi connectivity index (χ0) is 20.0. The average Bonchev–Trinajstić information content (AvgIpc) is 3.23. The molecule has 3 heterocycles. The molecular weight excluding hydrogens is 504 g/mol. The van der Waals surface area contributed by atoms with Gasteiger partial charge in [0.05, 0.1) is 19.3 Å². The SMILES string of the molecule is CN=C(NCCOc1ncccc1C(F)(F)F)N1CCOC(C2CCCO2)C1.I. The number of nitrogens with one attached hydrogen (secondary N) is 1. The highest BCUT2D eigenvalue weighted by Gasteiger charge is 2.35. The van der Waals surface area contributed by atoms with Crippen LogP contribution in [-0.2, 0) is 15.7 Å². The van der Waals surface area contributed by atoms with Crippen LogP contribution in [0, 0.1) is 0 Å². The number of nitrogens with zero attached hydrogens (tertiary/aromatic N) is 3. The fraction of sp³-hybridized carbons (Fsp3) is 0.667. The summed E-state index contributed by atoms with van der Waals surface area (Å²) in [6.45, 7) is 3.00. The average molecular weight is 530 g/mol. The van der Waals surface area contributed by atoms with E-state index in [1.165, 1.54) is 12.3 Å². The second-order valence-electron chi connectivity index (χ2n) is 6.58. The van der Waals surface area contributed by atoms with Gasteiger partial charge in [-0.05, 0) is 25.0 Å². The molecule has 1 aromatic heterocycles. The van der Waals surface area contributed by atoms with Crippen molar-refractivity contribution < 1.29 is 27.4 Å². The molecule has 29 heavy (non-hydrogen) atoms. The summed E-state index contributed by atoms with van der Waals surface area (Å²) in [6.07, 6.45) is -1.09. The number of aliphatic imine (C=N–C) groups is 1. The minimum Gasteiger partial charge on any atom is -0.475 e. The van der Waals surface area contributed by atoms with Gasteiger partial charge in [-0.15, -0.1) is 24.0 Å². The molecule has 0 bridgehead atoms. The number of ether oxygens (including phenoxy) is 3. The van der Waals surface area contributed by atoms with Crippen molar-refractivity contribution in [3.8, 4) is 5.88 Å². The van der Waals surface area contributed by atoms with E-state index in [0.717, 1.165) is 25.5 Å². The minimum atomic E-state index is -4.50. The van der Waals surface area contributed by atoms with Crippen LogP contribution in [0.1, 0.15) is 18.4 Å². The van der Waals surface area contributed by atoms with Crippen molar-refractivity contribution in [1.82, 2.24) is 15.2 Å². The first-order valence-electron chi connectivity index (χ1n) is 9.33. The number of hydrogen-bond donors (Lipinski definition) is 1. The van der Waals surface area contributed by atoms with Gasteiger partial charge in [0.25, 0.3) is 0 Å². The van der Waals surface area contributed by atoms with Crippen molar-refractivity contribution in [2.75, 3.05) is 46.5 Å². The third-order valence-corrected chi connectivity index (χ3v) is 4.68. The lowest BCUT2D eigenvalue weighted by atomic mass is 10.1. The fourth-order valence-electron chi connectivity index (χ4n) is 3.35. The quantitative estimate of drug-likeness (QED) is 0.273. The maximum absolute atomic E-state index is 13.0. The predicted molar refractivity (Wildman–Crippen MR) is 112 cm³/mol. The van der Waals surface area contributed by atoms with E-state index in [4.69, 9.17) is 14.2 Å². The van der Waals surface area contributed by atoms with Gasteiger partial charge in [0, 0.05) is 32.9 Å². The molecule has 0 aromatic carbocycles. The monoisotopic (exact) mass is 530 g/mol. The highest BCUT2D eigenvalue weighted by Crippen LogP contribution is 2.34. The molecule has 11 heteroatoms. The van der Waals surface area contributed by atoms with Crippen molar-refractivity contribution in [3.05, 3.63) is 23.9 Å². The van der Waals surface area contributed by atoms with Crippen LogP contribution >= 0.6 is 24.0 Å². The number of morpholine rings is 1. The van der Waals surface area contributed by atoms with Crippen LogP contribution in [0.3, 0.4) is 0 Å². The van der Waals surface area contributed by atoms with Crippen molar-refractivity contribution in [2.45, 2.75) is 31.2 Å². The largest absolute Gasteiger partial charge is 0.475 e. The van der Waals surface area contributed by atoms with Crippen molar-refractivity contribution in [3.63, 3.8) is 0 Å². The molecule has 0 spiro atoms. The topological polar surface area (TPSA) is 68.2 Å². The Kier molecular flexibility index (Phi) is 9.21. The highest BCUT2D eigenvalue weighted by molar-refractivity contribution is 14.0. The van der Waals surface area contributed by atoms with Crippen LogP contribution in [0.25, 0.3) is 0 Å². The highest BCUT2D eigenvalue weighted by atomic mass is 127. The van der Waals surface area contributed by atoms with E-state index in [9.17, 15) is 13.2 Å². The van der Waals surface area contributed by atoms with Crippen LogP contribution < -0.4 is 10.1 Å². The van der Waals surface area contributed by atoms with Gasteiger partial charge >= 0.3 is 6.18 Å². The number of hydrogen-bond acceptors (Lipinski definition) is 5. The summed E-state index contributed by atoms with van der Waals surface area (Å²) in [5.74, 6) is 0.239. The Morgan fingerprint density at radius 2 is 2.14 bits per heavy atom. The van der Waals surface area contributed by atoms with Gasteiger partial charge in [-0.2, -0.15) is 13.2 Å². The van der Waals surface area contributed by atoms with Crippen molar-refractivity contribution in [2.24, 2.45) is 4.99 Å². The van der Waals surface area contributed by atoms with Crippen LogP contribution in [0.4, 0.5) is 13.2 Å². The molecule has 1 aromatic rings. The van der Waals surface area contributed by atoms with Crippen molar-refractivity contribution >= 4 is 29.9 Å². The van der Waals surface area contributed by atoms with E-state index in [-0.39, 0.29) is 42.8 Å². The van der Waals surface area contributed by atoms with Gasteiger partial charge < -0.3 is 24.4 Å². The third kappa shape index (κ3) is 6.57. The molecule has 1 N–H and O–H groups in total. The molecule has 2 aliphatic rings. The zero-order valence-corrected chi connectivity index (χ0v) is 18.5. The first-order chi connectivity index (χ1) is 13.5. The maximum atomic E-state index is 13.0. The number of pyridine rings is 1. The summed E-state index contributed by atoms with van der Waals surface area (Å²) in [7, 11) is 1.67. The molecule has 2 atom stereocenters. The molecule has 2 unspecified atom stereocenters. The maximum Gasteiger partial charge on any atom is 0.421 e. The number of guanidine groups is 1. The first-order valence-corrected chi connectivity index (χ1v) is 9.33. The molecule has 0 radical (unpaired) electrons. The Balaban J connectivity index is 0.00000300. The van der Waals surface area contributed by atoms with E-state index in [2.05, 4.69) is 20.2 Å². The summed E-state index contributed by atoms with van der Waals surface area (Å²) in [5.41, 5.74) is -0.882. The Labute approximate surface area is 185 Å². The van der Waals surface area contributed by atoms with Crippen LogP contribution in [0.2, 0.25) is 0 Å². The second-order valence-corrected chi connectivity index (χ2v) is 6.58. The summed E-state index contributed by atoms with van der Waals surface area (Å²) in [6, 6.07) is 2.19. The van der Waals surface area contributed by atoms with Crippen LogP contribution in [0.5, 0.6) is 5.88 Å². The Morgan fingerprint density at radius 1 is 1.34 bits per heavy atom. The summed E-state index contributed by atoms with van der Waals surface area (Å²) in [4.78, 5) is 10.0.